The maximum absolute atomic E-state index is 13.7. The molecule has 2 amide bonds. The predicted molar refractivity (Wildman–Crippen MR) is 97.4 cm³/mol. The van der Waals surface area contributed by atoms with Crippen LogP contribution in [0.4, 0.5) is 4.39 Å². The molecule has 0 spiro atoms. The van der Waals surface area contributed by atoms with Crippen LogP contribution in [-0.2, 0) is 0 Å². The summed E-state index contributed by atoms with van der Waals surface area (Å²) < 4.78 is 23.7. The van der Waals surface area contributed by atoms with Gasteiger partial charge in [-0.3, -0.25) is 9.59 Å². The number of carbonyl (C=O) groups is 2. The lowest BCUT2D eigenvalue weighted by Crippen LogP contribution is -2.34. The third-order valence-corrected chi connectivity index (χ3v) is 3.76. The highest BCUT2D eigenvalue weighted by atomic mass is 19.1. The van der Waals surface area contributed by atoms with Gasteiger partial charge < -0.3 is 19.9 Å². The number of halogens is 1. The first-order valence-electron chi connectivity index (χ1n) is 8.37. The summed E-state index contributed by atoms with van der Waals surface area (Å²) in [6.07, 6.45) is 0. The fourth-order valence-electron chi connectivity index (χ4n) is 2.36. The second-order valence-electron chi connectivity index (χ2n) is 5.65. The van der Waals surface area contributed by atoms with Gasteiger partial charge in [0.2, 0.25) is 5.82 Å². The van der Waals surface area contributed by atoms with Crippen LogP contribution in [0.5, 0.6) is 5.75 Å². The molecule has 0 aliphatic heterocycles. The highest BCUT2D eigenvalue weighted by Crippen LogP contribution is 2.19. The Labute approximate surface area is 159 Å². The van der Waals surface area contributed by atoms with Crippen LogP contribution >= 0.6 is 0 Å². The first-order chi connectivity index (χ1) is 13.6. The van der Waals surface area contributed by atoms with Gasteiger partial charge in [0.25, 0.3) is 5.91 Å². The number of rotatable bonds is 7. The molecule has 0 bridgehead atoms. The molecule has 0 atom stereocenters. The summed E-state index contributed by atoms with van der Waals surface area (Å²) in [7, 11) is 1.52. The molecule has 9 heteroatoms. The Morgan fingerprint density at radius 1 is 1.07 bits per heavy atom. The zero-order chi connectivity index (χ0) is 19.9. The Morgan fingerprint density at radius 2 is 1.82 bits per heavy atom. The number of ether oxygens (including phenoxy) is 1. The van der Waals surface area contributed by atoms with Gasteiger partial charge in [0.1, 0.15) is 11.6 Å². The topological polar surface area (TPSA) is 106 Å². The monoisotopic (exact) mass is 384 g/mol. The molecule has 0 saturated carbocycles. The van der Waals surface area contributed by atoms with Gasteiger partial charge in [-0.1, -0.05) is 23.4 Å². The number of amides is 2. The van der Waals surface area contributed by atoms with Crippen molar-refractivity contribution in [1.82, 2.24) is 20.8 Å². The molecule has 0 aliphatic rings. The molecule has 8 nitrogen and oxygen atoms in total. The number of nitrogens with zero attached hydrogens (tertiary/aromatic N) is 2. The van der Waals surface area contributed by atoms with Gasteiger partial charge in [0, 0.05) is 18.7 Å². The van der Waals surface area contributed by atoms with Gasteiger partial charge >= 0.3 is 11.8 Å². The normalized spacial score (nSPS) is 10.4. The summed E-state index contributed by atoms with van der Waals surface area (Å²) in [6, 6.07) is 12.6. The quantitative estimate of drug-likeness (QED) is 0.604. The van der Waals surface area contributed by atoms with E-state index in [1.165, 1.54) is 25.3 Å². The summed E-state index contributed by atoms with van der Waals surface area (Å²) >= 11 is 0. The SMILES string of the molecule is COc1cccc(C(=O)NCCNC(=O)c2nc(-c3ccccc3F)no2)c1. The minimum atomic E-state index is -0.620. The van der Waals surface area contributed by atoms with E-state index in [1.807, 2.05) is 0 Å². The minimum absolute atomic E-state index is 0.0189. The first-order valence-corrected chi connectivity index (χ1v) is 8.37. The van der Waals surface area contributed by atoms with Crippen molar-refractivity contribution in [2.75, 3.05) is 20.2 Å². The number of hydrogen-bond donors (Lipinski definition) is 2. The maximum Gasteiger partial charge on any atom is 0.316 e. The van der Waals surface area contributed by atoms with E-state index in [2.05, 4.69) is 20.8 Å². The van der Waals surface area contributed by atoms with E-state index in [9.17, 15) is 14.0 Å². The van der Waals surface area contributed by atoms with E-state index in [4.69, 9.17) is 9.26 Å². The Morgan fingerprint density at radius 3 is 2.57 bits per heavy atom. The molecule has 1 heterocycles. The molecule has 0 radical (unpaired) electrons. The minimum Gasteiger partial charge on any atom is -0.497 e. The maximum atomic E-state index is 13.7. The van der Waals surface area contributed by atoms with Crippen LogP contribution in [-0.4, -0.2) is 42.2 Å². The number of aromatic nitrogens is 2. The lowest BCUT2D eigenvalue weighted by atomic mass is 10.2. The summed E-state index contributed by atoms with van der Waals surface area (Å²) in [5.74, 6) is -1.18. The smallest absolute Gasteiger partial charge is 0.316 e. The lowest BCUT2D eigenvalue weighted by Gasteiger charge is -2.07. The largest absolute Gasteiger partial charge is 0.497 e. The number of nitrogens with one attached hydrogen (secondary N) is 2. The van der Waals surface area contributed by atoms with Crippen molar-refractivity contribution in [3.05, 3.63) is 65.8 Å². The van der Waals surface area contributed by atoms with Gasteiger partial charge in [-0.15, -0.1) is 0 Å². The fraction of sp³-hybridized carbons (Fsp3) is 0.158. The van der Waals surface area contributed by atoms with E-state index in [1.54, 1.807) is 30.3 Å². The number of benzene rings is 2. The number of methoxy groups -OCH3 is 1. The number of hydrogen-bond acceptors (Lipinski definition) is 6. The van der Waals surface area contributed by atoms with Crippen LogP contribution in [0.25, 0.3) is 11.4 Å². The first kappa shape index (κ1) is 19.0. The van der Waals surface area contributed by atoms with Gasteiger partial charge in [-0.2, -0.15) is 4.98 Å². The Hall–Kier alpha value is -3.75. The van der Waals surface area contributed by atoms with Crippen LogP contribution < -0.4 is 15.4 Å². The molecule has 0 aliphatic carbocycles. The molecule has 0 saturated heterocycles. The Kier molecular flexibility index (Phi) is 5.95. The van der Waals surface area contributed by atoms with E-state index >= 15 is 0 Å². The van der Waals surface area contributed by atoms with Crippen molar-refractivity contribution in [3.8, 4) is 17.1 Å². The molecule has 3 rings (SSSR count). The molecule has 28 heavy (non-hydrogen) atoms. The Balaban J connectivity index is 1.50. The average molecular weight is 384 g/mol. The van der Waals surface area contributed by atoms with E-state index in [0.29, 0.717) is 11.3 Å². The second-order valence-corrected chi connectivity index (χ2v) is 5.65. The second kappa shape index (κ2) is 8.76. The van der Waals surface area contributed by atoms with Gasteiger partial charge in [-0.25, -0.2) is 4.39 Å². The zero-order valence-corrected chi connectivity index (χ0v) is 14.9. The molecule has 144 valence electrons. The Bertz CT molecular complexity index is 989. The van der Waals surface area contributed by atoms with Crippen molar-refractivity contribution in [2.24, 2.45) is 0 Å². The van der Waals surface area contributed by atoms with Crippen LogP contribution in [0, 0.1) is 5.82 Å². The third-order valence-electron chi connectivity index (χ3n) is 3.76. The highest BCUT2D eigenvalue weighted by molar-refractivity contribution is 5.94. The third kappa shape index (κ3) is 4.50. The molecular formula is C19H17FN4O4. The van der Waals surface area contributed by atoms with Crippen LogP contribution in [0.1, 0.15) is 21.0 Å². The summed E-state index contributed by atoms with van der Waals surface area (Å²) in [5.41, 5.74) is 0.577. The molecule has 0 unspecified atom stereocenters. The molecule has 2 N–H and O–H groups in total. The molecule has 3 aromatic rings. The van der Waals surface area contributed by atoms with Gasteiger partial charge in [-0.05, 0) is 30.3 Å². The predicted octanol–water partition coefficient (Wildman–Crippen LogP) is 2.04. The molecule has 1 aromatic heterocycles. The summed E-state index contributed by atoms with van der Waals surface area (Å²) in [6.45, 7) is 0.335. The standard InChI is InChI=1S/C19H17FN4O4/c1-27-13-6-4-5-12(11-13)17(25)21-9-10-22-18(26)19-23-16(24-28-19)14-7-2-3-8-15(14)20/h2-8,11H,9-10H2,1H3,(H,21,25)(H,22,26). The van der Waals surface area contributed by atoms with Crippen molar-refractivity contribution in [3.63, 3.8) is 0 Å². The van der Waals surface area contributed by atoms with E-state index in [-0.39, 0.29) is 36.3 Å². The van der Waals surface area contributed by atoms with Crippen LogP contribution in [0.2, 0.25) is 0 Å². The number of carbonyl (C=O) groups excluding carboxylic acids is 2. The molecule has 0 fully saturated rings. The molecular weight excluding hydrogens is 367 g/mol. The fourth-order valence-corrected chi connectivity index (χ4v) is 2.36. The van der Waals surface area contributed by atoms with Gasteiger partial charge in [0.15, 0.2) is 0 Å². The summed E-state index contributed by atoms with van der Waals surface area (Å²) in [5, 5.41) is 8.82. The van der Waals surface area contributed by atoms with Crippen LogP contribution in [0.3, 0.4) is 0 Å². The van der Waals surface area contributed by atoms with E-state index < -0.39 is 11.7 Å². The van der Waals surface area contributed by atoms with Crippen molar-refractivity contribution >= 4 is 11.8 Å². The summed E-state index contributed by atoms with van der Waals surface area (Å²) in [4.78, 5) is 28.0. The molecule has 2 aromatic carbocycles. The lowest BCUT2D eigenvalue weighted by molar-refractivity contribution is 0.0898. The van der Waals surface area contributed by atoms with Gasteiger partial charge in [0.05, 0.1) is 12.7 Å². The highest BCUT2D eigenvalue weighted by Gasteiger charge is 2.17. The van der Waals surface area contributed by atoms with Crippen molar-refractivity contribution < 1.29 is 23.2 Å². The van der Waals surface area contributed by atoms with E-state index in [0.717, 1.165) is 0 Å². The average Bonchev–Trinajstić information content (AvgIpc) is 3.21. The van der Waals surface area contributed by atoms with Crippen molar-refractivity contribution in [2.45, 2.75) is 0 Å². The zero-order valence-electron chi connectivity index (χ0n) is 14.9. The van der Waals surface area contributed by atoms with Crippen LogP contribution in [0.15, 0.2) is 53.1 Å². The van der Waals surface area contributed by atoms with Crippen molar-refractivity contribution in [1.29, 1.82) is 0 Å².